The molecular formula is C24H27N3O3S2. The fraction of sp³-hybridized carbons (Fsp3) is 0.333. The average molecular weight is 470 g/mol. The Bertz CT molecular complexity index is 1030. The van der Waals surface area contributed by atoms with Crippen molar-refractivity contribution in [2.45, 2.75) is 13.5 Å². The first-order valence-electron chi connectivity index (χ1n) is 10.7. The summed E-state index contributed by atoms with van der Waals surface area (Å²) in [6, 6.07) is 13.4. The Labute approximate surface area is 198 Å². The third-order valence-electron chi connectivity index (χ3n) is 5.40. The standard InChI is InChI=1S/C24H27N3O3S2/c1-3-30-22-7-5-4-6-20(22)27-23(28)19(25-24(27)31)15-17-8-9-21(29-2)18(14-17)16-26-10-12-32-13-11-26/h4-9,14-15H,3,10-13,16H2,1-2H3,(H,25,31)/b19-15+. The second kappa shape index (κ2) is 10.4. The van der Waals surface area contributed by atoms with Gasteiger partial charge >= 0.3 is 0 Å². The van der Waals surface area contributed by atoms with Gasteiger partial charge in [0.1, 0.15) is 17.2 Å². The lowest BCUT2D eigenvalue weighted by Crippen LogP contribution is -2.32. The molecule has 32 heavy (non-hydrogen) atoms. The zero-order chi connectivity index (χ0) is 22.5. The number of thiocarbonyl (C=S) groups is 1. The second-order valence-electron chi connectivity index (χ2n) is 7.49. The zero-order valence-corrected chi connectivity index (χ0v) is 19.9. The minimum absolute atomic E-state index is 0.201. The van der Waals surface area contributed by atoms with Crippen molar-refractivity contribution in [2.24, 2.45) is 0 Å². The third kappa shape index (κ3) is 4.92. The molecule has 0 saturated carbocycles. The van der Waals surface area contributed by atoms with Gasteiger partial charge in [0, 0.05) is 36.7 Å². The summed E-state index contributed by atoms with van der Waals surface area (Å²) in [5.74, 6) is 3.59. The monoisotopic (exact) mass is 469 g/mol. The second-order valence-corrected chi connectivity index (χ2v) is 9.10. The van der Waals surface area contributed by atoms with E-state index in [1.54, 1.807) is 7.11 Å². The van der Waals surface area contributed by atoms with Crippen LogP contribution in [-0.2, 0) is 11.3 Å². The van der Waals surface area contributed by atoms with Crippen LogP contribution >= 0.6 is 24.0 Å². The maximum absolute atomic E-state index is 13.2. The molecule has 168 valence electrons. The number of carbonyl (C=O) groups excluding carboxylic acids is 1. The largest absolute Gasteiger partial charge is 0.496 e. The SMILES string of the molecule is CCOc1ccccc1N1C(=O)/C(=C\c2ccc(OC)c(CN3CCSCC3)c2)NC1=S. The van der Waals surface area contributed by atoms with Crippen LogP contribution in [0.5, 0.6) is 11.5 Å². The Morgan fingerprint density at radius 3 is 2.69 bits per heavy atom. The molecule has 0 aromatic heterocycles. The van der Waals surface area contributed by atoms with Gasteiger partial charge in [-0.15, -0.1) is 0 Å². The number of rotatable bonds is 7. The highest BCUT2D eigenvalue weighted by Gasteiger charge is 2.33. The first kappa shape index (κ1) is 22.6. The lowest BCUT2D eigenvalue weighted by Gasteiger charge is -2.26. The molecule has 6 nitrogen and oxygen atoms in total. The van der Waals surface area contributed by atoms with E-state index in [4.69, 9.17) is 21.7 Å². The van der Waals surface area contributed by atoms with E-state index in [-0.39, 0.29) is 5.91 Å². The number of hydrogen-bond acceptors (Lipinski definition) is 6. The molecule has 0 unspecified atom stereocenters. The summed E-state index contributed by atoms with van der Waals surface area (Å²) in [5.41, 5.74) is 3.11. The van der Waals surface area contributed by atoms with Crippen molar-refractivity contribution in [1.29, 1.82) is 0 Å². The number of nitrogens with zero attached hydrogens (tertiary/aromatic N) is 2. The molecule has 0 atom stereocenters. The van der Waals surface area contributed by atoms with Crippen molar-refractivity contribution in [2.75, 3.05) is 43.2 Å². The molecule has 2 saturated heterocycles. The van der Waals surface area contributed by atoms with Crippen LogP contribution < -0.4 is 19.7 Å². The van der Waals surface area contributed by atoms with Crippen LogP contribution in [0.1, 0.15) is 18.1 Å². The molecule has 2 aliphatic heterocycles. The van der Waals surface area contributed by atoms with Crippen molar-refractivity contribution in [1.82, 2.24) is 10.2 Å². The highest BCUT2D eigenvalue weighted by atomic mass is 32.2. The molecule has 2 aromatic rings. The molecule has 2 heterocycles. The third-order valence-corrected chi connectivity index (χ3v) is 6.62. The predicted molar refractivity (Wildman–Crippen MR) is 134 cm³/mol. The maximum Gasteiger partial charge on any atom is 0.281 e. The minimum Gasteiger partial charge on any atom is -0.496 e. The molecule has 0 bridgehead atoms. The molecule has 2 aromatic carbocycles. The number of nitrogens with one attached hydrogen (secondary N) is 1. The van der Waals surface area contributed by atoms with Crippen LogP contribution in [0.4, 0.5) is 5.69 Å². The fourth-order valence-corrected chi connectivity index (χ4v) is 5.12. The number of carbonyl (C=O) groups is 1. The van der Waals surface area contributed by atoms with Gasteiger partial charge in [-0.1, -0.05) is 18.2 Å². The summed E-state index contributed by atoms with van der Waals surface area (Å²) in [7, 11) is 1.69. The summed E-state index contributed by atoms with van der Waals surface area (Å²) in [5, 5.41) is 3.41. The number of amides is 1. The number of thioether (sulfide) groups is 1. The Morgan fingerprint density at radius 2 is 1.94 bits per heavy atom. The molecule has 0 aliphatic carbocycles. The van der Waals surface area contributed by atoms with Crippen molar-refractivity contribution in [3.8, 4) is 11.5 Å². The van der Waals surface area contributed by atoms with E-state index < -0.39 is 0 Å². The molecule has 2 fully saturated rings. The summed E-state index contributed by atoms with van der Waals surface area (Å²) in [6.45, 7) is 5.39. The van der Waals surface area contributed by atoms with Crippen LogP contribution in [-0.4, -0.2) is 54.2 Å². The zero-order valence-electron chi connectivity index (χ0n) is 18.3. The Balaban J connectivity index is 1.59. The van der Waals surface area contributed by atoms with Crippen molar-refractivity contribution in [3.05, 3.63) is 59.3 Å². The number of hydrogen-bond donors (Lipinski definition) is 1. The molecular weight excluding hydrogens is 442 g/mol. The minimum atomic E-state index is -0.201. The van der Waals surface area contributed by atoms with Gasteiger partial charge in [-0.25, -0.2) is 4.90 Å². The van der Waals surface area contributed by atoms with Gasteiger partial charge in [0.05, 0.1) is 19.4 Å². The van der Waals surface area contributed by atoms with E-state index in [1.165, 1.54) is 4.90 Å². The molecule has 2 aliphatic rings. The lowest BCUT2D eigenvalue weighted by atomic mass is 10.1. The van der Waals surface area contributed by atoms with Crippen LogP contribution in [0, 0.1) is 0 Å². The first-order valence-corrected chi connectivity index (χ1v) is 12.2. The summed E-state index contributed by atoms with van der Waals surface area (Å²) in [4.78, 5) is 17.1. The van der Waals surface area contributed by atoms with E-state index in [1.807, 2.05) is 61.2 Å². The predicted octanol–water partition coefficient (Wildman–Crippen LogP) is 3.90. The van der Waals surface area contributed by atoms with Crippen LogP contribution in [0.3, 0.4) is 0 Å². The smallest absolute Gasteiger partial charge is 0.281 e. The lowest BCUT2D eigenvalue weighted by molar-refractivity contribution is -0.113. The number of anilines is 1. The number of methoxy groups -OCH3 is 1. The summed E-state index contributed by atoms with van der Waals surface area (Å²) in [6.07, 6.45) is 1.84. The van der Waals surface area contributed by atoms with Crippen LogP contribution in [0.15, 0.2) is 48.2 Å². The van der Waals surface area contributed by atoms with Gasteiger partial charge < -0.3 is 14.8 Å². The van der Waals surface area contributed by atoms with Crippen LogP contribution in [0.25, 0.3) is 6.08 Å². The number of para-hydroxylation sites is 2. The Kier molecular flexibility index (Phi) is 7.34. The van der Waals surface area contributed by atoms with Gasteiger partial charge in [-0.3, -0.25) is 9.69 Å². The molecule has 0 radical (unpaired) electrons. The van der Waals surface area contributed by atoms with E-state index in [9.17, 15) is 4.79 Å². The van der Waals surface area contributed by atoms with Crippen LogP contribution in [0.2, 0.25) is 0 Å². The highest BCUT2D eigenvalue weighted by Crippen LogP contribution is 2.32. The van der Waals surface area contributed by atoms with E-state index in [0.29, 0.717) is 28.9 Å². The van der Waals surface area contributed by atoms with E-state index >= 15 is 0 Å². The van der Waals surface area contributed by atoms with Gasteiger partial charge in [-0.2, -0.15) is 11.8 Å². The first-order chi connectivity index (χ1) is 15.6. The Hall–Kier alpha value is -2.55. The molecule has 1 amide bonds. The summed E-state index contributed by atoms with van der Waals surface area (Å²) < 4.78 is 11.3. The van der Waals surface area contributed by atoms with E-state index in [0.717, 1.165) is 48.0 Å². The fourth-order valence-electron chi connectivity index (χ4n) is 3.85. The van der Waals surface area contributed by atoms with Crippen molar-refractivity contribution < 1.29 is 14.3 Å². The maximum atomic E-state index is 13.2. The quantitative estimate of drug-likeness (QED) is 0.487. The Morgan fingerprint density at radius 1 is 1.16 bits per heavy atom. The summed E-state index contributed by atoms with van der Waals surface area (Å²) >= 11 is 7.47. The normalized spacial score (nSPS) is 18.2. The van der Waals surface area contributed by atoms with Gasteiger partial charge in [0.2, 0.25) is 0 Å². The van der Waals surface area contributed by atoms with Crippen molar-refractivity contribution in [3.63, 3.8) is 0 Å². The highest BCUT2D eigenvalue weighted by molar-refractivity contribution is 7.99. The number of ether oxygens (including phenoxy) is 2. The topological polar surface area (TPSA) is 54.0 Å². The average Bonchev–Trinajstić information content (AvgIpc) is 3.08. The molecule has 1 N–H and O–H groups in total. The molecule has 4 rings (SSSR count). The van der Waals surface area contributed by atoms with Crippen molar-refractivity contribution >= 4 is 46.8 Å². The van der Waals surface area contributed by atoms with Gasteiger partial charge in [-0.05, 0) is 55.0 Å². The molecule has 0 spiro atoms. The van der Waals surface area contributed by atoms with Gasteiger partial charge in [0.25, 0.3) is 5.91 Å². The van der Waals surface area contributed by atoms with Gasteiger partial charge in [0.15, 0.2) is 5.11 Å². The number of benzene rings is 2. The van der Waals surface area contributed by atoms with E-state index in [2.05, 4.69) is 16.3 Å². The molecule has 8 heteroatoms.